The number of amides is 1. The fourth-order valence-electron chi connectivity index (χ4n) is 3.54. The van der Waals surface area contributed by atoms with Gasteiger partial charge < -0.3 is 9.47 Å². The van der Waals surface area contributed by atoms with Gasteiger partial charge in [-0.3, -0.25) is 9.78 Å². The minimum absolute atomic E-state index is 0.00142. The van der Waals surface area contributed by atoms with Gasteiger partial charge in [0.25, 0.3) is 5.91 Å². The molecule has 3 aromatic rings. The maximum atomic E-state index is 13.0. The maximum absolute atomic E-state index is 13.0. The van der Waals surface area contributed by atoms with Crippen LogP contribution in [0.25, 0.3) is 10.8 Å². The Balaban J connectivity index is 1.59. The highest BCUT2D eigenvalue weighted by Gasteiger charge is 2.31. The molecule has 4 rings (SSSR count). The number of carbonyl (C=O) groups excluding carboxylic acids is 1. The average molecular weight is 335 g/mol. The van der Waals surface area contributed by atoms with E-state index in [0.717, 1.165) is 29.6 Å². The fourth-order valence-corrected chi connectivity index (χ4v) is 3.54. The molecule has 1 amide bonds. The van der Waals surface area contributed by atoms with Crippen molar-refractivity contribution in [3.8, 4) is 0 Å². The van der Waals surface area contributed by atoms with Gasteiger partial charge in [0, 0.05) is 30.6 Å². The summed E-state index contributed by atoms with van der Waals surface area (Å²) in [5.41, 5.74) is 0.534. The van der Waals surface area contributed by atoms with E-state index < -0.39 is 0 Å². The Hall–Kier alpha value is -2.76. The van der Waals surface area contributed by atoms with Crippen molar-refractivity contribution in [1.29, 1.82) is 0 Å². The standard InChI is InChI=1S/C19H21N5O/c1-13(2)18-22-21-12-24(18)15-8-10-23(11-15)19(25)17-16-6-4-3-5-14(16)7-9-20-17/h3-7,9,12-13,15H,8,10-11H2,1-2H3. The molecule has 0 aliphatic carbocycles. The van der Waals surface area contributed by atoms with Crippen LogP contribution in [0.5, 0.6) is 0 Å². The molecule has 25 heavy (non-hydrogen) atoms. The quantitative estimate of drug-likeness (QED) is 0.738. The summed E-state index contributed by atoms with van der Waals surface area (Å²) in [6.07, 6.45) is 4.40. The van der Waals surface area contributed by atoms with Crippen LogP contribution in [-0.2, 0) is 0 Å². The van der Waals surface area contributed by atoms with Gasteiger partial charge in [-0.2, -0.15) is 0 Å². The van der Waals surface area contributed by atoms with Crippen LogP contribution in [0.1, 0.15) is 48.5 Å². The number of aromatic nitrogens is 4. The molecule has 1 unspecified atom stereocenters. The zero-order valence-electron chi connectivity index (χ0n) is 14.5. The first-order chi connectivity index (χ1) is 12.1. The van der Waals surface area contributed by atoms with E-state index in [0.29, 0.717) is 18.2 Å². The van der Waals surface area contributed by atoms with E-state index in [2.05, 4.69) is 33.6 Å². The van der Waals surface area contributed by atoms with Crippen molar-refractivity contribution in [2.45, 2.75) is 32.2 Å². The van der Waals surface area contributed by atoms with Crippen LogP contribution in [0, 0.1) is 0 Å². The van der Waals surface area contributed by atoms with Crippen LogP contribution in [0.15, 0.2) is 42.9 Å². The molecule has 6 nitrogen and oxygen atoms in total. The molecular weight excluding hydrogens is 314 g/mol. The number of rotatable bonds is 3. The molecule has 1 aromatic carbocycles. The lowest BCUT2D eigenvalue weighted by Crippen LogP contribution is -2.30. The SMILES string of the molecule is CC(C)c1nncn1C1CCN(C(=O)c2nccc3ccccc23)C1. The number of hydrogen-bond acceptors (Lipinski definition) is 4. The van der Waals surface area contributed by atoms with E-state index in [1.54, 1.807) is 12.5 Å². The molecule has 3 heterocycles. The maximum Gasteiger partial charge on any atom is 0.273 e. The van der Waals surface area contributed by atoms with Crippen molar-refractivity contribution in [2.75, 3.05) is 13.1 Å². The van der Waals surface area contributed by atoms with E-state index in [4.69, 9.17) is 0 Å². The minimum Gasteiger partial charge on any atom is -0.335 e. The molecule has 0 bridgehead atoms. The van der Waals surface area contributed by atoms with Crippen LogP contribution in [0.4, 0.5) is 0 Å². The molecule has 1 aliphatic heterocycles. The summed E-state index contributed by atoms with van der Waals surface area (Å²) in [6, 6.07) is 10.0. The highest BCUT2D eigenvalue weighted by Crippen LogP contribution is 2.27. The molecule has 128 valence electrons. The molecule has 1 atom stereocenters. The third-order valence-corrected chi connectivity index (χ3v) is 4.84. The van der Waals surface area contributed by atoms with Gasteiger partial charge in [0.1, 0.15) is 17.8 Å². The van der Waals surface area contributed by atoms with Crippen LogP contribution in [0.3, 0.4) is 0 Å². The molecular formula is C19H21N5O. The Bertz CT molecular complexity index is 912. The lowest BCUT2D eigenvalue weighted by Gasteiger charge is -2.19. The van der Waals surface area contributed by atoms with Crippen molar-refractivity contribution in [1.82, 2.24) is 24.6 Å². The number of likely N-dealkylation sites (tertiary alicyclic amines) is 1. The van der Waals surface area contributed by atoms with Crippen molar-refractivity contribution in [3.63, 3.8) is 0 Å². The third kappa shape index (κ3) is 2.77. The first-order valence-electron chi connectivity index (χ1n) is 8.67. The van der Waals surface area contributed by atoms with Crippen LogP contribution < -0.4 is 0 Å². The zero-order chi connectivity index (χ0) is 17.4. The van der Waals surface area contributed by atoms with Gasteiger partial charge in [0.2, 0.25) is 0 Å². The second-order valence-corrected chi connectivity index (χ2v) is 6.83. The number of fused-ring (bicyclic) bond motifs is 1. The summed E-state index contributed by atoms with van der Waals surface area (Å²) in [5.74, 6) is 1.29. The number of carbonyl (C=O) groups is 1. The molecule has 0 spiro atoms. The number of benzene rings is 1. The van der Waals surface area contributed by atoms with Gasteiger partial charge in [-0.1, -0.05) is 38.1 Å². The molecule has 1 fully saturated rings. The largest absolute Gasteiger partial charge is 0.335 e. The summed E-state index contributed by atoms with van der Waals surface area (Å²) in [4.78, 5) is 19.3. The minimum atomic E-state index is -0.00142. The average Bonchev–Trinajstić information content (AvgIpc) is 3.29. The first-order valence-corrected chi connectivity index (χ1v) is 8.67. The molecule has 6 heteroatoms. The summed E-state index contributed by atoms with van der Waals surface area (Å²) in [7, 11) is 0. The second-order valence-electron chi connectivity index (χ2n) is 6.83. The summed E-state index contributed by atoms with van der Waals surface area (Å²) < 4.78 is 2.12. The molecule has 0 saturated carbocycles. The van der Waals surface area contributed by atoms with Gasteiger partial charge in [-0.05, 0) is 17.9 Å². The van der Waals surface area contributed by atoms with Crippen molar-refractivity contribution in [2.24, 2.45) is 0 Å². The monoisotopic (exact) mass is 335 g/mol. The zero-order valence-corrected chi connectivity index (χ0v) is 14.5. The Morgan fingerprint density at radius 1 is 1.24 bits per heavy atom. The number of hydrogen-bond donors (Lipinski definition) is 0. The van der Waals surface area contributed by atoms with Crippen LogP contribution >= 0.6 is 0 Å². The Kier molecular flexibility index (Phi) is 3.95. The third-order valence-electron chi connectivity index (χ3n) is 4.84. The number of nitrogens with zero attached hydrogens (tertiary/aromatic N) is 5. The summed E-state index contributed by atoms with van der Waals surface area (Å²) in [6.45, 7) is 5.61. The lowest BCUT2D eigenvalue weighted by molar-refractivity contribution is 0.0784. The van der Waals surface area contributed by atoms with Gasteiger partial charge in [-0.15, -0.1) is 10.2 Å². The van der Waals surface area contributed by atoms with Gasteiger partial charge >= 0.3 is 0 Å². The molecule has 1 saturated heterocycles. The Labute approximate surface area is 146 Å². The summed E-state index contributed by atoms with van der Waals surface area (Å²) in [5, 5.41) is 10.2. The van der Waals surface area contributed by atoms with E-state index in [-0.39, 0.29) is 11.9 Å². The Morgan fingerprint density at radius 3 is 2.92 bits per heavy atom. The Morgan fingerprint density at radius 2 is 2.08 bits per heavy atom. The highest BCUT2D eigenvalue weighted by atomic mass is 16.2. The van der Waals surface area contributed by atoms with Crippen molar-refractivity contribution < 1.29 is 4.79 Å². The number of pyridine rings is 1. The smallest absolute Gasteiger partial charge is 0.273 e. The normalized spacial score (nSPS) is 17.6. The predicted molar refractivity (Wildman–Crippen MR) is 95.4 cm³/mol. The van der Waals surface area contributed by atoms with E-state index >= 15 is 0 Å². The van der Waals surface area contributed by atoms with Gasteiger partial charge in [0.05, 0.1) is 6.04 Å². The predicted octanol–water partition coefficient (Wildman–Crippen LogP) is 3.04. The first kappa shape index (κ1) is 15.7. The topological polar surface area (TPSA) is 63.9 Å². The summed E-state index contributed by atoms with van der Waals surface area (Å²) >= 11 is 0. The fraction of sp³-hybridized carbons (Fsp3) is 0.368. The van der Waals surface area contributed by atoms with E-state index in [9.17, 15) is 4.79 Å². The van der Waals surface area contributed by atoms with Gasteiger partial charge in [-0.25, -0.2) is 0 Å². The van der Waals surface area contributed by atoms with Crippen molar-refractivity contribution >= 4 is 16.7 Å². The van der Waals surface area contributed by atoms with E-state index in [1.807, 2.05) is 35.2 Å². The molecule has 0 N–H and O–H groups in total. The highest BCUT2D eigenvalue weighted by molar-refractivity contribution is 6.05. The van der Waals surface area contributed by atoms with Gasteiger partial charge in [0.15, 0.2) is 0 Å². The van der Waals surface area contributed by atoms with E-state index in [1.165, 1.54) is 0 Å². The van der Waals surface area contributed by atoms with Crippen LogP contribution in [-0.4, -0.2) is 43.6 Å². The second kappa shape index (κ2) is 6.27. The van der Waals surface area contributed by atoms with Crippen molar-refractivity contribution in [3.05, 3.63) is 54.4 Å². The molecule has 1 aliphatic rings. The van der Waals surface area contributed by atoms with Crippen LogP contribution in [0.2, 0.25) is 0 Å². The molecule has 0 radical (unpaired) electrons. The lowest BCUT2D eigenvalue weighted by atomic mass is 10.1. The molecule has 2 aromatic heterocycles.